The summed E-state index contributed by atoms with van der Waals surface area (Å²) in [6, 6.07) is 8.58. The van der Waals surface area contributed by atoms with Gasteiger partial charge >= 0.3 is 0 Å². The zero-order valence-electron chi connectivity index (χ0n) is 13.7. The fourth-order valence-corrected chi connectivity index (χ4v) is 6.58. The van der Waals surface area contributed by atoms with Gasteiger partial charge in [0, 0.05) is 23.2 Å². The highest BCUT2D eigenvalue weighted by Crippen LogP contribution is 2.34. The van der Waals surface area contributed by atoms with Gasteiger partial charge in [-0.15, -0.1) is 11.3 Å². The second-order valence-electron chi connectivity index (χ2n) is 5.83. The summed E-state index contributed by atoms with van der Waals surface area (Å²) in [5.41, 5.74) is 0. The molecule has 2 aliphatic rings. The van der Waals surface area contributed by atoms with E-state index in [9.17, 15) is 13.5 Å². The molecule has 0 spiro atoms. The van der Waals surface area contributed by atoms with Gasteiger partial charge in [-0.3, -0.25) is 4.90 Å². The van der Waals surface area contributed by atoms with Crippen LogP contribution in [-0.4, -0.2) is 49.7 Å². The number of primary sulfonamides is 1. The first-order valence-corrected chi connectivity index (χ1v) is 11.4. The number of sulfonamides is 1. The van der Waals surface area contributed by atoms with Crippen LogP contribution < -0.4 is 15.0 Å². The molecule has 1 saturated heterocycles. The van der Waals surface area contributed by atoms with E-state index in [-0.39, 0.29) is 9.96 Å². The zero-order chi connectivity index (χ0) is 18.3. The number of rotatable bonds is 2. The molecule has 1 atom stereocenters. The highest BCUT2D eigenvalue weighted by Gasteiger charge is 2.21. The van der Waals surface area contributed by atoms with Crippen molar-refractivity contribution in [2.45, 2.75) is 9.10 Å². The number of aromatic hydroxyl groups is 1. The van der Waals surface area contributed by atoms with Crippen molar-refractivity contribution in [3.05, 3.63) is 40.2 Å². The molecule has 0 aliphatic carbocycles. The lowest BCUT2D eigenvalue weighted by Crippen LogP contribution is -2.42. The Kier molecular flexibility index (Phi) is 4.71. The topological polar surface area (TPSA) is 105 Å². The molecule has 0 bridgehead atoms. The molecule has 2 aromatic rings. The zero-order valence-corrected chi connectivity index (χ0v) is 16.1. The van der Waals surface area contributed by atoms with Gasteiger partial charge in [0.2, 0.25) is 10.0 Å². The molecule has 1 unspecified atom stereocenters. The monoisotopic (exact) mass is 411 g/mol. The highest BCUT2D eigenvalue weighted by molar-refractivity contribution is 8.15. The number of phenols is 1. The van der Waals surface area contributed by atoms with Gasteiger partial charge < -0.3 is 9.84 Å². The summed E-state index contributed by atoms with van der Waals surface area (Å²) in [5.74, 6) is 0.175. The van der Waals surface area contributed by atoms with E-state index in [1.807, 2.05) is 12.1 Å². The van der Waals surface area contributed by atoms with Gasteiger partial charge in [0.1, 0.15) is 14.6 Å². The van der Waals surface area contributed by atoms with Crippen molar-refractivity contribution in [1.29, 1.82) is 0 Å². The van der Waals surface area contributed by atoms with Crippen LogP contribution >= 0.6 is 22.0 Å². The number of benzene rings is 1. The molecular formula is C16H17N3O4S3. The normalized spacial score (nSPS) is 21.0. The summed E-state index contributed by atoms with van der Waals surface area (Å²) in [6.45, 7) is 2.75. The number of hydrogen-bond acceptors (Lipinski definition) is 7. The van der Waals surface area contributed by atoms with Crippen molar-refractivity contribution < 1.29 is 18.3 Å². The molecule has 138 valence electrons. The quantitative estimate of drug-likeness (QED) is 0.688. The Labute approximate surface area is 157 Å². The van der Waals surface area contributed by atoms with Gasteiger partial charge in [-0.05, 0) is 41.0 Å². The van der Waals surface area contributed by atoms with Crippen LogP contribution in [0.25, 0.3) is 6.08 Å². The van der Waals surface area contributed by atoms with Crippen LogP contribution in [0, 0.1) is 0 Å². The minimum Gasteiger partial charge on any atom is -0.508 e. The summed E-state index contributed by atoms with van der Waals surface area (Å²) in [5, 5.41) is 15.9. The van der Waals surface area contributed by atoms with Gasteiger partial charge in [-0.25, -0.2) is 18.0 Å². The number of thiophene rings is 1. The van der Waals surface area contributed by atoms with E-state index >= 15 is 0 Å². The molecule has 4 rings (SSSR count). The fraction of sp³-hybridized carbons (Fsp3) is 0.250. The number of phenolic OH excluding ortho intramolecular Hbond substituents is 1. The molecule has 1 fully saturated rings. The largest absolute Gasteiger partial charge is 0.508 e. The van der Waals surface area contributed by atoms with Gasteiger partial charge in [0.25, 0.3) is 0 Å². The van der Waals surface area contributed by atoms with Crippen molar-refractivity contribution in [2.75, 3.05) is 26.3 Å². The van der Waals surface area contributed by atoms with Crippen LogP contribution in [0.2, 0.25) is 0 Å². The van der Waals surface area contributed by atoms with E-state index in [2.05, 4.69) is 4.90 Å². The molecule has 0 saturated carbocycles. The maximum Gasteiger partial charge on any atom is 0.247 e. The minimum atomic E-state index is -3.77. The van der Waals surface area contributed by atoms with E-state index in [0.29, 0.717) is 17.9 Å². The Morgan fingerprint density at radius 3 is 2.73 bits per heavy atom. The summed E-state index contributed by atoms with van der Waals surface area (Å²) in [7, 11) is -4.43. The number of nitrogens with two attached hydrogens (primary N) is 1. The lowest BCUT2D eigenvalue weighted by atomic mass is 10.3. The maximum absolute atomic E-state index is 11.7. The van der Waals surface area contributed by atoms with E-state index in [1.165, 1.54) is 0 Å². The van der Waals surface area contributed by atoms with Crippen LogP contribution in [-0.2, 0) is 14.8 Å². The predicted molar refractivity (Wildman–Crippen MR) is 102 cm³/mol. The van der Waals surface area contributed by atoms with Crippen LogP contribution in [0.4, 0.5) is 0 Å². The predicted octanol–water partition coefficient (Wildman–Crippen LogP) is 0.220. The SMILES string of the molecule is NS(=O)(=O)c1cc2c(s1)=NS(c1cccc(O)c1)=C(N1CCOCC1)C=2. The maximum atomic E-state index is 11.7. The molecule has 10 heteroatoms. The van der Waals surface area contributed by atoms with Crippen LogP contribution in [0.5, 0.6) is 5.75 Å². The van der Waals surface area contributed by atoms with Crippen LogP contribution in [0.1, 0.15) is 0 Å². The lowest BCUT2D eigenvalue weighted by Gasteiger charge is -2.29. The molecule has 0 amide bonds. The van der Waals surface area contributed by atoms with Crippen LogP contribution in [0.15, 0.2) is 43.8 Å². The first-order chi connectivity index (χ1) is 12.4. The van der Waals surface area contributed by atoms with E-state index in [1.54, 1.807) is 24.3 Å². The first-order valence-electron chi connectivity index (χ1n) is 7.88. The third kappa shape index (κ3) is 3.48. The van der Waals surface area contributed by atoms with Crippen LogP contribution in [0.3, 0.4) is 0 Å². The highest BCUT2D eigenvalue weighted by atomic mass is 32.2. The Bertz CT molecular complexity index is 1120. The fourth-order valence-electron chi connectivity index (χ4n) is 2.78. The van der Waals surface area contributed by atoms with Gasteiger partial charge in [-0.2, -0.15) is 0 Å². The third-order valence-electron chi connectivity index (χ3n) is 4.01. The number of hydrogen-bond donors (Lipinski definition) is 2. The second-order valence-corrected chi connectivity index (χ2v) is 10.3. The van der Waals surface area contributed by atoms with Crippen molar-refractivity contribution in [3.63, 3.8) is 0 Å². The summed E-state index contributed by atoms with van der Waals surface area (Å²) in [6.07, 6.45) is 1.98. The van der Waals surface area contributed by atoms with E-state index in [4.69, 9.17) is 14.3 Å². The standard InChI is InChI=1S/C16H17N3O4S3/c17-26(21,22)15-9-11-8-14(19-4-6-23-7-5-19)25(18-16(11)24-15)13-3-1-2-12(20)10-13/h1-3,8-10,20H,4-7H2,(H2,17,21,22). The molecule has 1 aromatic heterocycles. The Hall–Kier alpha value is -1.56. The van der Waals surface area contributed by atoms with E-state index < -0.39 is 20.7 Å². The number of ether oxygens (including phenoxy) is 1. The molecule has 26 heavy (non-hydrogen) atoms. The molecule has 3 N–H and O–H groups in total. The first kappa shape index (κ1) is 17.8. The van der Waals surface area contributed by atoms with Gasteiger partial charge in [-0.1, -0.05) is 6.07 Å². The Balaban J connectivity index is 1.91. The van der Waals surface area contributed by atoms with Gasteiger partial charge in [0.05, 0.1) is 18.2 Å². The number of fused-ring (bicyclic) bond motifs is 1. The molecular weight excluding hydrogens is 394 g/mol. The van der Waals surface area contributed by atoms with Crippen molar-refractivity contribution in [1.82, 2.24) is 4.90 Å². The van der Waals surface area contributed by atoms with Crippen molar-refractivity contribution >= 4 is 43.1 Å². The van der Waals surface area contributed by atoms with Gasteiger partial charge in [0.15, 0.2) is 0 Å². The number of nitrogens with zero attached hydrogens (tertiary/aromatic N) is 2. The smallest absolute Gasteiger partial charge is 0.247 e. The summed E-state index contributed by atoms with van der Waals surface area (Å²) < 4.78 is 34.4. The van der Waals surface area contributed by atoms with Crippen molar-refractivity contribution in [3.8, 4) is 5.75 Å². The average molecular weight is 412 g/mol. The molecule has 1 aromatic carbocycles. The number of morpholine rings is 1. The lowest BCUT2D eigenvalue weighted by molar-refractivity contribution is 0.0697. The summed E-state index contributed by atoms with van der Waals surface area (Å²) in [4.78, 5) is 4.07. The summed E-state index contributed by atoms with van der Waals surface area (Å²) >= 11 is 1.07. The average Bonchev–Trinajstić information content (AvgIpc) is 3.05. The molecule has 7 nitrogen and oxygen atoms in total. The molecule has 3 heterocycles. The molecule has 2 aliphatic heterocycles. The second kappa shape index (κ2) is 6.87. The molecule has 0 radical (unpaired) electrons. The van der Waals surface area contributed by atoms with E-state index in [0.717, 1.165) is 39.5 Å². The van der Waals surface area contributed by atoms with Crippen molar-refractivity contribution in [2.24, 2.45) is 9.54 Å². The third-order valence-corrected chi connectivity index (χ3v) is 8.43. The Morgan fingerprint density at radius 1 is 1.27 bits per heavy atom. The minimum absolute atomic E-state index is 0.102. The Morgan fingerprint density at radius 2 is 2.04 bits per heavy atom.